The molecule has 1 fully saturated rings. The van der Waals surface area contributed by atoms with E-state index in [4.69, 9.17) is 5.11 Å². The molecule has 6 nitrogen and oxygen atoms in total. The highest BCUT2D eigenvalue weighted by atomic mass is 16.3. The minimum absolute atomic E-state index is 0.00273. The van der Waals surface area contributed by atoms with Crippen LogP contribution in [0.25, 0.3) is 0 Å². The second-order valence-corrected chi connectivity index (χ2v) is 3.67. The van der Waals surface area contributed by atoms with Crippen LogP contribution in [-0.2, 0) is 11.3 Å². The van der Waals surface area contributed by atoms with E-state index >= 15 is 0 Å². The van der Waals surface area contributed by atoms with Gasteiger partial charge in [0, 0.05) is 12.7 Å². The first-order chi connectivity index (χ1) is 7.31. The van der Waals surface area contributed by atoms with Crippen LogP contribution in [0.2, 0.25) is 0 Å². The molecule has 1 atom stereocenters. The van der Waals surface area contributed by atoms with E-state index in [2.05, 4.69) is 10.3 Å². The molecule has 0 saturated carbocycles. The predicted molar refractivity (Wildman–Crippen MR) is 51.8 cm³/mol. The van der Waals surface area contributed by atoms with Gasteiger partial charge in [0.25, 0.3) is 0 Å². The summed E-state index contributed by atoms with van der Waals surface area (Å²) in [6.07, 6.45) is 5.05. The number of amides is 1. The maximum atomic E-state index is 11.8. The first-order valence-corrected chi connectivity index (χ1v) is 5.05. The van der Waals surface area contributed by atoms with Crippen molar-refractivity contribution in [3.8, 4) is 0 Å². The van der Waals surface area contributed by atoms with Crippen LogP contribution in [0.4, 0.5) is 0 Å². The van der Waals surface area contributed by atoms with Crippen LogP contribution in [-0.4, -0.2) is 50.1 Å². The van der Waals surface area contributed by atoms with Crippen molar-refractivity contribution in [2.75, 3.05) is 13.2 Å². The van der Waals surface area contributed by atoms with Crippen LogP contribution in [0.5, 0.6) is 0 Å². The number of carbonyl (C=O) groups is 1. The second kappa shape index (κ2) is 4.39. The van der Waals surface area contributed by atoms with Crippen LogP contribution in [0.15, 0.2) is 12.4 Å². The lowest BCUT2D eigenvalue weighted by Gasteiger charge is -2.22. The number of likely N-dealkylation sites (tertiary alicyclic amines) is 1. The van der Waals surface area contributed by atoms with Crippen molar-refractivity contribution in [3.63, 3.8) is 0 Å². The van der Waals surface area contributed by atoms with Gasteiger partial charge in [0.15, 0.2) is 0 Å². The van der Waals surface area contributed by atoms with Crippen molar-refractivity contribution in [1.29, 1.82) is 0 Å². The summed E-state index contributed by atoms with van der Waals surface area (Å²) in [4.78, 5) is 13.5. The van der Waals surface area contributed by atoms with Crippen LogP contribution in [0.1, 0.15) is 12.8 Å². The van der Waals surface area contributed by atoms with E-state index in [1.807, 2.05) is 0 Å². The van der Waals surface area contributed by atoms with Crippen molar-refractivity contribution in [1.82, 2.24) is 19.9 Å². The molecule has 1 saturated heterocycles. The lowest BCUT2D eigenvalue weighted by atomic mass is 10.2. The Labute approximate surface area is 87.5 Å². The third kappa shape index (κ3) is 2.15. The Balaban J connectivity index is 1.96. The molecule has 0 bridgehead atoms. The normalized spacial score (nSPS) is 20.9. The zero-order valence-corrected chi connectivity index (χ0v) is 8.41. The second-order valence-electron chi connectivity index (χ2n) is 3.67. The number of hydrogen-bond donors (Lipinski definition) is 1. The third-order valence-corrected chi connectivity index (χ3v) is 2.68. The molecule has 1 aliphatic rings. The van der Waals surface area contributed by atoms with E-state index in [1.165, 1.54) is 4.68 Å². The largest absolute Gasteiger partial charge is 0.394 e. The Kier molecular flexibility index (Phi) is 2.96. The summed E-state index contributed by atoms with van der Waals surface area (Å²) in [7, 11) is 0. The molecule has 1 aromatic rings. The number of hydrogen-bond acceptors (Lipinski definition) is 4. The highest BCUT2D eigenvalue weighted by Gasteiger charge is 2.27. The van der Waals surface area contributed by atoms with Gasteiger partial charge in [-0.1, -0.05) is 5.21 Å². The van der Waals surface area contributed by atoms with Gasteiger partial charge in [-0.25, -0.2) is 4.68 Å². The average Bonchev–Trinajstić information content (AvgIpc) is 2.86. The zero-order chi connectivity index (χ0) is 10.7. The molecule has 2 heterocycles. The minimum atomic E-state index is -0.0129. The van der Waals surface area contributed by atoms with E-state index in [1.54, 1.807) is 17.3 Å². The molecular formula is C9H14N4O2. The summed E-state index contributed by atoms with van der Waals surface area (Å²) in [6.45, 7) is 0.984. The number of aromatic nitrogens is 3. The van der Waals surface area contributed by atoms with Gasteiger partial charge in [-0.05, 0) is 12.8 Å². The number of nitrogens with zero attached hydrogens (tertiary/aromatic N) is 4. The summed E-state index contributed by atoms with van der Waals surface area (Å²) in [5, 5.41) is 16.5. The van der Waals surface area contributed by atoms with Crippen molar-refractivity contribution in [3.05, 3.63) is 12.4 Å². The molecule has 1 amide bonds. The molecule has 0 radical (unpaired) electrons. The van der Waals surface area contributed by atoms with Gasteiger partial charge < -0.3 is 10.0 Å². The Morgan fingerprint density at radius 2 is 2.47 bits per heavy atom. The predicted octanol–water partition coefficient (Wildman–Crippen LogP) is -0.739. The zero-order valence-electron chi connectivity index (χ0n) is 8.41. The number of aliphatic hydroxyl groups is 1. The van der Waals surface area contributed by atoms with E-state index in [0.717, 1.165) is 19.4 Å². The van der Waals surface area contributed by atoms with Gasteiger partial charge in [-0.2, -0.15) is 0 Å². The topological polar surface area (TPSA) is 71.2 Å². The SMILES string of the molecule is O=C(Cn1ccnn1)N1CCCC1CO. The highest BCUT2D eigenvalue weighted by molar-refractivity contribution is 5.76. The maximum Gasteiger partial charge on any atom is 0.244 e. The van der Waals surface area contributed by atoms with Gasteiger partial charge in [0.2, 0.25) is 5.91 Å². The van der Waals surface area contributed by atoms with Gasteiger partial charge in [0.05, 0.1) is 18.8 Å². The molecule has 1 N–H and O–H groups in total. The molecule has 15 heavy (non-hydrogen) atoms. The third-order valence-electron chi connectivity index (χ3n) is 2.68. The van der Waals surface area contributed by atoms with Gasteiger partial charge >= 0.3 is 0 Å². The minimum Gasteiger partial charge on any atom is -0.394 e. The van der Waals surface area contributed by atoms with Gasteiger partial charge in [0.1, 0.15) is 6.54 Å². The molecule has 1 aliphatic heterocycles. The fraction of sp³-hybridized carbons (Fsp3) is 0.667. The molecule has 2 rings (SSSR count). The fourth-order valence-electron chi connectivity index (χ4n) is 1.90. The smallest absolute Gasteiger partial charge is 0.244 e. The van der Waals surface area contributed by atoms with Crippen molar-refractivity contribution < 1.29 is 9.90 Å². The Hall–Kier alpha value is -1.43. The van der Waals surface area contributed by atoms with E-state index in [-0.39, 0.29) is 25.1 Å². The van der Waals surface area contributed by atoms with E-state index in [9.17, 15) is 4.79 Å². The summed E-state index contributed by atoms with van der Waals surface area (Å²) < 4.78 is 1.50. The van der Waals surface area contributed by atoms with Crippen LogP contribution in [0.3, 0.4) is 0 Å². The molecule has 82 valence electrons. The summed E-state index contributed by atoms with van der Waals surface area (Å²) in [6, 6.07) is -0.0129. The van der Waals surface area contributed by atoms with Crippen molar-refractivity contribution in [2.45, 2.75) is 25.4 Å². The average molecular weight is 210 g/mol. The molecule has 0 aromatic carbocycles. The van der Waals surface area contributed by atoms with E-state index in [0.29, 0.717) is 0 Å². The fourth-order valence-corrected chi connectivity index (χ4v) is 1.90. The first-order valence-electron chi connectivity index (χ1n) is 5.05. The standard InChI is InChI=1S/C9H14N4O2/c14-7-8-2-1-4-13(8)9(15)6-12-5-3-10-11-12/h3,5,8,14H,1-2,4,6-7H2. The summed E-state index contributed by atoms with van der Waals surface area (Å²) in [5.74, 6) is -0.00273. The molecular weight excluding hydrogens is 196 g/mol. The molecule has 6 heteroatoms. The van der Waals surface area contributed by atoms with Crippen LogP contribution >= 0.6 is 0 Å². The van der Waals surface area contributed by atoms with Gasteiger partial charge in [-0.3, -0.25) is 4.79 Å². The molecule has 1 aromatic heterocycles. The van der Waals surface area contributed by atoms with Crippen LogP contribution < -0.4 is 0 Å². The highest BCUT2D eigenvalue weighted by Crippen LogP contribution is 2.16. The van der Waals surface area contributed by atoms with E-state index < -0.39 is 0 Å². The maximum absolute atomic E-state index is 11.8. The lowest BCUT2D eigenvalue weighted by molar-refractivity contribution is -0.133. The molecule has 1 unspecified atom stereocenters. The lowest BCUT2D eigenvalue weighted by Crippen LogP contribution is -2.39. The van der Waals surface area contributed by atoms with Crippen molar-refractivity contribution in [2.24, 2.45) is 0 Å². The summed E-state index contributed by atoms with van der Waals surface area (Å²) in [5.41, 5.74) is 0. The Bertz CT molecular complexity index is 325. The Morgan fingerprint density at radius 3 is 3.13 bits per heavy atom. The number of carbonyl (C=O) groups excluding carboxylic acids is 1. The number of aliphatic hydroxyl groups excluding tert-OH is 1. The molecule has 0 spiro atoms. The quantitative estimate of drug-likeness (QED) is 0.713. The first kappa shape index (κ1) is 10.1. The molecule has 0 aliphatic carbocycles. The monoisotopic (exact) mass is 210 g/mol. The van der Waals surface area contributed by atoms with Crippen LogP contribution in [0, 0.1) is 0 Å². The van der Waals surface area contributed by atoms with Gasteiger partial charge in [-0.15, -0.1) is 5.10 Å². The number of rotatable bonds is 3. The Morgan fingerprint density at radius 1 is 1.60 bits per heavy atom. The summed E-state index contributed by atoms with van der Waals surface area (Å²) >= 11 is 0. The van der Waals surface area contributed by atoms with Crippen molar-refractivity contribution >= 4 is 5.91 Å².